The molecular formula is C11H10N4O3. The van der Waals surface area contributed by atoms with Gasteiger partial charge in [-0.1, -0.05) is 0 Å². The number of aromatic carboxylic acids is 1. The minimum atomic E-state index is -1.30. The third-order valence-electron chi connectivity index (χ3n) is 2.21. The van der Waals surface area contributed by atoms with Crippen molar-refractivity contribution in [3.8, 4) is 0 Å². The maximum Gasteiger partial charge on any atom is 0.342 e. The van der Waals surface area contributed by atoms with Crippen LogP contribution in [0.3, 0.4) is 0 Å². The van der Waals surface area contributed by atoms with Gasteiger partial charge in [-0.05, 0) is 12.2 Å². The fourth-order valence-electron chi connectivity index (χ4n) is 1.35. The van der Waals surface area contributed by atoms with Crippen molar-refractivity contribution >= 4 is 18.1 Å². The zero-order valence-electron chi connectivity index (χ0n) is 9.49. The molecule has 0 aromatic carbocycles. The van der Waals surface area contributed by atoms with Gasteiger partial charge in [-0.15, -0.1) is 0 Å². The second-order valence-corrected chi connectivity index (χ2v) is 3.60. The van der Waals surface area contributed by atoms with E-state index in [1.807, 2.05) is 0 Å². The summed E-state index contributed by atoms with van der Waals surface area (Å²) in [4.78, 5) is 28.2. The highest BCUT2D eigenvalue weighted by molar-refractivity contribution is 5.86. The number of aromatic amines is 1. The molecule has 0 saturated carbocycles. The van der Waals surface area contributed by atoms with E-state index >= 15 is 0 Å². The Morgan fingerprint density at radius 1 is 1.44 bits per heavy atom. The molecule has 2 aromatic rings. The first-order chi connectivity index (χ1) is 8.56. The molecule has 0 unspecified atom stereocenters. The minimum absolute atomic E-state index is 0.286. The Morgan fingerprint density at radius 3 is 2.78 bits per heavy atom. The van der Waals surface area contributed by atoms with E-state index in [9.17, 15) is 9.59 Å². The second kappa shape index (κ2) is 4.66. The summed E-state index contributed by atoms with van der Waals surface area (Å²) in [6, 6.07) is 0. The number of carboxylic acid groups (broad SMARTS) is 1. The van der Waals surface area contributed by atoms with Crippen LogP contribution in [0, 0.1) is 0 Å². The summed E-state index contributed by atoms with van der Waals surface area (Å²) in [7, 11) is 1.79. The van der Waals surface area contributed by atoms with Crippen molar-refractivity contribution in [2.45, 2.75) is 0 Å². The van der Waals surface area contributed by atoms with E-state index in [-0.39, 0.29) is 11.4 Å². The van der Waals surface area contributed by atoms with Crippen LogP contribution in [-0.4, -0.2) is 30.8 Å². The van der Waals surface area contributed by atoms with E-state index < -0.39 is 11.5 Å². The van der Waals surface area contributed by atoms with Crippen molar-refractivity contribution < 1.29 is 9.90 Å². The number of carbonyl (C=O) groups is 1. The Hall–Kier alpha value is -2.70. The van der Waals surface area contributed by atoms with Crippen molar-refractivity contribution in [1.29, 1.82) is 0 Å². The van der Waals surface area contributed by atoms with Crippen LogP contribution in [0.25, 0.3) is 12.2 Å². The fraction of sp³-hybridized carbons (Fsp3) is 0.0909. The number of nitrogens with one attached hydrogen (secondary N) is 1. The zero-order chi connectivity index (χ0) is 13.1. The van der Waals surface area contributed by atoms with Crippen molar-refractivity contribution in [2.75, 3.05) is 0 Å². The van der Waals surface area contributed by atoms with Gasteiger partial charge in [0.2, 0.25) is 0 Å². The predicted octanol–water partition coefficient (Wildman–Crippen LogP) is 0.372. The topological polar surface area (TPSA) is 101 Å². The third-order valence-corrected chi connectivity index (χ3v) is 2.21. The van der Waals surface area contributed by atoms with Gasteiger partial charge in [0, 0.05) is 25.0 Å². The van der Waals surface area contributed by atoms with Crippen LogP contribution >= 0.6 is 0 Å². The molecule has 0 radical (unpaired) electrons. The van der Waals surface area contributed by atoms with E-state index in [1.54, 1.807) is 36.3 Å². The maximum absolute atomic E-state index is 11.4. The van der Waals surface area contributed by atoms with Crippen LogP contribution in [-0.2, 0) is 7.05 Å². The summed E-state index contributed by atoms with van der Waals surface area (Å²) in [6.07, 6.45) is 7.76. The fourth-order valence-corrected chi connectivity index (χ4v) is 1.35. The molecular weight excluding hydrogens is 236 g/mol. The minimum Gasteiger partial charge on any atom is -0.477 e. The Labute approximate surface area is 101 Å². The van der Waals surface area contributed by atoms with E-state index in [0.29, 0.717) is 0 Å². The Kier molecular flexibility index (Phi) is 3.05. The number of rotatable bonds is 3. The SMILES string of the molecule is Cn1cc(/C=C/c2ncc(C(=O)O)c(=O)[nH]2)cn1. The summed E-state index contributed by atoms with van der Waals surface area (Å²) in [6.45, 7) is 0. The van der Waals surface area contributed by atoms with E-state index in [4.69, 9.17) is 5.11 Å². The summed E-state index contributed by atoms with van der Waals surface area (Å²) in [5.41, 5.74) is -0.209. The van der Waals surface area contributed by atoms with Crippen LogP contribution in [0.15, 0.2) is 23.4 Å². The lowest BCUT2D eigenvalue weighted by Gasteiger charge is -1.94. The molecule has 2 aromatic heterocycles. The van der Waals surface area contributed by atoms with Crippen molar-refractivity contribution in [3.63, 3.8) is 0 Å². The van der Waals surface area contributed by atoms with E-state index in [1.165, 1.54) is 0 Å². The predicted molar refractivity (Wildman–Crippen MR) is 64.0 cm³/mol. The lowest BCUT2D eigenvalue weighted by Crippen LogP contribution is -2.18. The molecule has 0 aliphatic rings. The largest absolute Gasteiger partial charge is 0.477 e. The lowest BCUT2D eigenvalue weighted by molar-refractivity contribution is 0.0694. The molecule has 0 bridgehead atoms. The molecule has 92 valence electrons. The highest BCUT2D eigenvalue weighted by Gasteiger charge is 2.08. The van der Waals surface area contributed by atoms with Gasteiger partial charge in [0.1, 0.15) is 11.4 Å². The number of H-pyrrole nitrogens is 1. The number of aromatic nitrogens is 4. The molecule has 0 aliphatic carbocycles. The molecule has 2 rings (SSSR count). The highest BCUT2D eigenvalue weighted by atomic mass is 16.4. The molecule has 0 aliphatic heterocycles. The van der Waals surface area contributed by atoms with Crippen molar-refractivity contribution in [2.24, 2.45) is 7.05 Å². The molecule has 0 saturated heterocycles. The molecule has 0 amide bonds. The highest BCUT2D eigenvalue weighted by Crippen LogP contribution is 2.02. The number of nitrogens with zero attached hydrogens (tertiary/aromatic N) is 3. The van der Waals surface area contributed by atoms with Crippen molar-refractivity contribution in [1.82, 2.24) is 19.7 Å². The number of hydrogen-bond donors (Lipinski definition) is 2. The summed E-state index contributed by atoms with van der Waals surface area (Å²) < 4.78 is 1.64. The molecule has 2 N–H and O–H groups in total. The van der Waals surface area contributed by atoms with Crippen molar-refractivity contribution in [3.05, 3.63) is 45.9 Å². The molecule has 0 fully saturated rings. The standard InChI is InChI=1S/C11H10N4O3/c1-15-6-7(4-13-15)2-3-9-12-5-8(11(17)18)10(16)14-9/h2-6H,1H3,(H,17,18)(H,12,14,16)/b3-2+. The van der Waals surface area contributed by atoms with Crippen LogP contribution in [0.4, 0.5) is 0 Å². The van der Waals surface area contributed by atoms with Gasteiger partial charge in [0.15, 0.2) is 0 Å². The molecule has 7 nitrogen and oxygen atoms in total. The summed E-state index contributed by atoms with van der Waals surface area (Å²) >= 11 is 0. The summed E-state index contributed by atoms with van der Waals surface area (Å²) in [5.74, 6) is -1.01. The van der Waals surface area contributed by atoms with Gasteiger partial charge in [0.05, 0.1) is 6.20 Å². The molecule has 0 spiro atoms. The van der Waals surface area contributed by atoms with Gasteiger partial charge < -0.3 is 10.1 Å². The smallest absolute Gasteiger partial charge is 0.342 e. The Balaban J connectivity index is 2.25. The first-order valence-corrected chi connectivity index (χ1v) is 5.05. The van der Waals surface area contributed by atoms with Gasteiger partial charge >= 0.3 is 5.97 Å². The Bertz CT molecular complexity index is 669. The lowest BCUT2D eigenvalue weighted by atomic mass is 10.3. The van der Waals surface area contributed by atoms with Gasteiger partial charge in [-0.25, -0.2) is 9.78 Å². The molecule has 7 heteroatoms. The van der Waals surface area contributed by atoms with E-state index in [2.05, 4.69) is 15.1 Å². The quantitative estimate of drug-likeness (QED) is 0.814. The van der Waals surface area contributed by atoms with E-state index in [0.717, 1.165) is 11.8 Å². The normalized spacial score (nSPS) is 10.9. The average molecular weight is 246 g/mol. The first kappa shape index (κ1) is 11.8. The first-order valence-electron chi connectivity index (χ1n) is 5.05. The van der Waals surface area contributed by atoms with Gasteiger partial charge in [-0.3, -0.25) is 9.48 Å². The number of aryl methyl sites for hydroxylation is 1. The Morgan fingerprint density at radius 2 is 2.22 bits per heavy atom. The molecule has 2 heterocycles. The van der Waals surface area contributed by atoms with Crippen LogP contribution < -0.4 is 5.56 Å². The van der Waals surface area contributed by atoms with Crippen LogP contribution in [0.5, 0.6) is 0 Å². The van der Waals surface area contributed by atoms with Gasteiger partial charge in [-0.2, -0.15) is 5.10 Å². The average Bonchev–Trinajstić information content (AvgIpc) is 2.72. The van der Waals surface area contributed by atoms with Crippen LogP contribution in [0.1, 0.15) is 21.7 Å². The zero-order valence-corrected chi connectivity index (χ0v) is 9.49. The van der Waals surface area contributed by atoms with Gasteiger partial charge in [0.25, 0.3) is 5.56 Å². The molecule has 0 atom stereocenters. The third kappa shape index (κ3) is 2.51. The summed E-state index contributed by atoms with van der Waals surface area (Å²) in [5, 5.41) is 12.7. The number of hydrogen-bond acceptors (Lipinski definition) is 4. The second-order valence-electron chi connectivity index (χ2n) is 3.60. The monoisotopic (exact) mass is 246 g/mol. The number of carboxylic acids is 1. The van der Waals surface area contributed by atoms with Crippen LogP contribution in [0.2, 0.25) is 0 Å². The molecule has 18 heavy (non-hydrogen) atoms. The maximum atomic E-state index is 11.4.